The fraction of sp³-hybridized carbons (Fsp3) is 0.370. The molecule has 1 fully saturated rings. The molecule has 2 heterocycles. The predicted octanol–water partition coefficient (Wildman–Crippen LogP) is 4.95. The monoisotopic (exact) mass is 446 g/mol. The maximum Gasteiger partial charge on any atom is 0.232 e. The van der Waals surface area contributed by atoms with E-state index in [0.717, 1.165) is 28.8 Å². The summed E-state index contributed by atoms with van der Waals surface area (Å²) in [6.45, 7) is 7.27. The fourth-order valence-electron chi connectivity index (χ4n) is 4.45. The Labute approximate surface area is 195 Å². The van der Waals surface area contributed by atoms with Crippen LogP contribution < -0.4 is 4.90 Å². The number of amides is 1. The van der Waals surface area contributed by atoms with Crippen LogP contribution in [-0.4, -0.2) is 48.0 Å². The van der Waals surface area contributed by atoms with Gasteiger partial charge in [0.25, 0.3) is 0 Å². The minimum absolute atomic E-state index is 0.0581. The molecule has 0 aliphatic carbocycles. The van der Waals surface area contributed by atoms with Gasteiger partial charge in [0, 0.05) is 44.9 Å². The van der Waals surface area contributed by atoms with Gasteiger partial charge in [-0.3, -0.25) is 4.79 Å². The Hall–Kier alpha value is -3.28. The normalized spacial score (nSPS) is 16.2. The van der Waals surface area contributed by atoms with Crippen LogP contribution in [0, 0.1) is 12.7 Å². The number of benzene rings is 2. The molecule has 172 valence electrons. The van der Waals surface area contributed by atoms with E-state index in [0.29, 0.717) is 19.0 Å². The number of likely N-dealkylation sites (tertiary alicyclic amines) is 1. The summed E-state index contributed by atoms with van der Waals surface area (Å²) in [5.74, 6) is 0.485. The van der Waals surface area contributed by atoms with Gasteiger partial charge < -0.3 is 9.80 Å². The number of halogens is 1. The van der Waals surface area contributed by atoms with Crippen LogP contribution >= 0.6 is 0 Å². The van der Waals surface area contributed by atoms with Crippen LogP contribution in [0.15, 0.2) is 54.7 Å². The minimum Gasteiger partial charge on any atom is -0.347 e. The van der Waals surface area contributed by atoms with Crippen molar-refractivity contribution in [2.45, 2.75) is 38.5 Å². The topological polar surface area (TPSA) is 49.3 Å². The lowest BCUT2D eigenvalue weighted by atomic mass is 9.83. The van der Waals surface area contributed by atoms with Gasteiger partial charge in [-0.05, 0) is 50.5 Å². The Morgan fingerprint density at radius 1 is 1.15 bits per heavy atom. The first-order valence-electron chi connectivity index (χ1n) is 11.3. The molecule has 1 aliphatic rings. The number of aryl methyl sites for hydroxylation is 1. The maximum absolute atomic E-state index is 14.0. The molecule has 1 aromatic heterocycles. The molecule has 4 rings (SSSR count). The van der Waals surface area contributed by atoms with Crippen molar-refractivity contribution in [3.05, 3.63) is 77.4 Å². The first-order chi connectivity index (χ1) is 15.7. The zero-order valence-electron chi connectivity index (χ0n) is 20.0. The molecule has 0 bridgehead atoms. The Kier molecular flexibility index (Phi) is 6.19. The van der Waals surface area contributed by atoms with Crippen LogP contribution in [0.25, 0.3) is 11.1 Å². The van der Waals surface area contributed by atoms with Crippen LogP contribution in [0.1, 0.15) is 43.0 Å². The van der Waals surface area contributed by atoms with Crippen molar-refractivity contribution < 1.29 is 9.18 Å². The summed E-state index contributed by atoms with van der Waals surface area (Å²) in [6.07, 6.45) is 2.58. The largest absolute Gasteiger partial charge is 0.347 e. The van der Waals surface area contributed by atoms with E-state index >= 15 is 0 Å². The van der Waals surface area contributed by atoms with Gasteiger partial charge in [-0.25, -0.2) is 14.4 Å². The van der Waals surface area contributed by atoms with E-state index in [-0.39, 0.29) is 17.6 Å². The molecule has 0 unspecified atom stereocenters. The van der Waals surface area contributed by atoms with Gasteiger partial charge >= 0.3 is 0 Å². The van der Waals surface area contributed by atoms with Crippen molar-refractivity contribution in [3.8, 4) is 11.1 Å². The van der Waals surface area contributed by atoms with Crippen LogP contribution in [0.5, 0.6) is 0 Å². The van der Waals surface area contributed by atoms with Gasteiger partial charge in [0.1, 0.15) is 5.82 Å². The summed E-state index contributed by atoms with van der Waals surface area (Å²) in [7, 11) is 3.80. The summed E-state index contributed by atoms with van der Waals surface area (Å²) < 4.78 is 14.0. The lowest BCUT2D eigenvalue weighted by molar-refractivity contribution is -0.135. The summed E-state index contributed by atoms with van der Waals surface area (Å²) in [5, 5.41) is 0. The third kappa shape index (κ3) is 4.61. The molecular formula is C27H31FN4O. The molecule has 0 radical (unpaired) electrons. The van der Waals surface area contributed by atoms with E-state index < -0.39 is 5.41 Å². The highest BCUT2D eigenvalue weighted by atomic mass is 19.1. The van der Waals surface area contributed by atoms with E-state index in [1.54, 1.807) is 12.3 Å². The zero-order valence-corrected chi connectivity index (χ0v) is 20.0. The van der Waals surface area contributed by atoms with Gasteiger partial charge in [0.2, 0.25) is 11.9 Å². The first-order valence-corrected chi connectivity index (χ1v) is 11.3. The first kappa shape index (κ1) is 22.9. The van der Waals surface area contributed by atoms with Gasteiger partial charge in [0.05, 0.1) is 11.1 Å². The fourth-order valence-corrected chi connectivity index (χ4v) is 4.45. The smallest absolute Gasteiger partial charge is 0.232 e. The third-order valence-electron chi connectivity index (χ3n) is 6.51. The van der Waals surface area contributed by atoms with Crippen LogP contribution in [0.4, 0.5) is 10.3 Å². The molecule has 0 N–H and O–H groups in total. The van der Waals surface area contributed by atoms with Crippen molar-refractivity contribution in [2.24, 2.45) is 0 Å². The Bertz CT molecular complexity index is 1160. The number of rotatable bonds is 5. The average Bonchev–Trinajstić information content (AvgIpc) is 3.28. The zero-order chi connectivity index (χ0) is 23.8. The summed E-state index contributed by atoms with van der Waals surface area (Å²) in [6, 6.07) is 14.7. The molecule has 1 atom stereocenters. The Balaban J connectivity index is 1.63. The molecule has 1 aliphatic heterocycles. The highest BCUT2D eigenvalue weighted by molar-refractivity contribution is 5.87. The maximum atomic E-state index is 14.0. The van der Waals surface area contributed by atoms with Crippen molar-refractivity contribution in [3.63, 3.8) is 0 Å². The molecule has 1 amide bonds. The minimum atomic E-state index is -0.617. The number of hydrogen-bond donors (Lipinski definition) is 0. The second-order valence-corrected chi connectivity index (χ2v) is 9.60. The number of aromatic nitrogens is 2. The molecule has 33 heavy (non-hydrogen) atoms. The van der Waals surface area contributed by atoms with E-state index in [9.17, 15) is 9.18 Å². The van der Waals surface area contributed by atoms with Crippen molar-refractivity contribution in [2.75, 3.05) is 32.1 Å². The molecule has 5 nitrogen and oxygen atoms in total. The summed E-state index contributed by atoms with van der Waals surface area (Å²) >= 11 is 0. The number of carbonyl (C=O) groups excluding carboxylic acids is 1. The van der Waals surface area contributed by atoms with E-state index in [4.69, 9.17) is 4.98 Å². The number of nitrogens with zero attached hydrogens (tertiary/aromatic N) is 4. The second-order valence-electron chi connectivity index (χ2n) is 9.60. The van der Waals surface area contributed by atoms with Crippen molar-refractivity contribution >= 4 is 11.9 Å². The Morgan fingerprint density at radius 3 is 2.55 bits per heavy atom. The number of anilines is 1. The summed E-state index contributed by atoms with van der Waals surface area (Å²) in [4.78, 5) is 26.6. The van der Waals surface area contributed by atoms with Gasteiger partial charge in [-0.1, -0.05) is 42.0 Å². The van der Waals surface area contributed by atoms with Crippen LogP contribution in [-0.2, 0) is 10.2 Å². The number of hydrogen-bond acceptors (Lipinski definition) is 4. The Morgan fingerprint density at radius 2 is 1.88 bits per heavy atom. The molecule has 1 saturated heterocycles. The highest BCUT2D eigenvalue weighted by Gasteiger charge is 2.38. The molecular weight excluding hydrogens is 415 g/mol. The lowest BCUT2D eigenvalue weighted by Gasteiger charge is -2.30. The molecule has 6 heteroatoms. The van der Waals surface area contributed by atoms with Crippen LogP contribution in [0.3, 0.4) is 0 Å². The average molecular weight is 447 g/mol. The van der Waals surface area contributed by atoms with Gasteiger partial charge in [0.15, 0.2) is 0 Å². The lowest BCUT2D eigenvalue weighted by Crippen LogP contribution is -2.42. The second kappa shape index (κ2) is 8.93. The summed E-state index contributed by atoms with van der Waals surface area (Å²) in [5.41, 5.74) is 4.00. The quantitative estimate of drug-likeness (QED) is 0.556. The SMILES string of the molecule is Cc1ccc(C(C)(C)C(=O)N2CC[C@H](c3nc(N(C)C)ncc3-c3cccc(F)c3)C2)cc1. The van der Waals surface area contributed by atoms with E-state index in [1.165, 1.54) is 17.7 Å². The molecule has 0 spiro atoms. The van der Waals surface area contributed by atoms with Crippen LogP contribution in [0.2, 0.25) is 0 Å². The van der Waals surface area contributed by atoms with E-state index in [1.807, 2.05) is 75.0 Å². The molecule has 2 aromatic carbocycles. The predicted molar refractivity (Wildman–Crippen MR) is 130 cm³/mol. The van der Waals surface area contributed by atoms with Crippen molar-refractivity contribution in [1.29, 1.82) is 0 Å². The van der Waals surface area contributed by atoms with Crippen molar-refractivity contribution in [1.82, 2.24) is 14.9 Å². The van der Waals surface area contributed by atoms with Gasteiger partial charge in [-0.2, -0.15) is 0 Å². The van der Waals surface area contributed by atoms with E-state index in [2.05, 4.69) is 4.98 Å². The third-order valence-corrected chi connectivity index (χ3v) is 6.51. The highest BCUT2D eigenvalue weighted by Crippen LogP contribution is 2.36. The molecule has 0 saturated carbocycles. The molecule has 3 aromatic rings. The number of carbonyl (C=O) groups is 1. The van der Waals surface area contributed by atoms with Gasteiger partial charge in [-0.15, -0.1) is 0 Å². The standard InChI is InChI=1S/C27H31FN4O/c1-18-9-11-21(12-10-18)27(2,3)25(33)32-14-13-20(17-32)24-23(16-29-26(30-24)31(4)5)19-7-6-8-22(28)15-19/h6-12,15-16,20H,13-14,17H2,1-5H3/t20-/m0/s1.